The quantitative estimate of drug-likeness (QED) is 0.697. The van der Waals surface area contributed by atoms with Crippen LogP contribution in [0.5, 0.6) is 0 Å². The zero-order chi connectivity index (χ0) is 13.2. The van der Waals surface area contributed by atoms with Crippen LogP contribution in [0.15, 0.2) is 54.6 Å². The highest BCUT2D eigenvalue weighted by Gasteiger charge is 2.06. The molecule has 0 aliphatic heterocycles. The summed E-state index contributed by atoms with van der Waals surface area (Å²) in [4.78, 5) is 0. The molecule has 2 N–H and O–H groups in total. The fraction of sp³-hybridized carbons (Fsp3) is 0.118. The molecule has 3 aromatic carbocycles. The van der Waals surface area contributed by atoms with Crippen LogP contribution in [0.1, 0.15) is 18.0 Å². The number of hydrogen-bond donors (Lipinski definition) is 1. The van der Waals surface area contributed by atoms with Crippen molar-refractivity contribution in [2.75, 3.05) is 0 Å². The van der Waals surface area contributed by atoms with Gasteiger partial charge in [-0.05, 0) is 45.3 Å². The van der Waals surface area contributed by atoms with Crippen LogP contribution in [0.2, 0.25) is 0 Å². The molecule has 0 amide bonds. The lowest BCUT2D eigenvalue weighted by Crippen LogP contribution is -2.08. The van der Waals surface area contributed by atoms with Gasteiger partial charge < -0.3 is 5.73 Å². The largest absolute Gasteiger partial charge is 0.323 e. The monoisotopic (exact) mass is 246 g/mol. The number of fused-ring (bicyclic) bond motifs is 2. The lowest BCUT2D eigenvalue weighted by Gasteiger charge is -2.10. The van der Waals surface area contributed by atoms with Crippen molar-refractivity contribution >= 4 is 21.5 Å². The van der Waals surface area contributed by atoms with Crippen LogP contribution in [0.4, 0.5) is 0 Å². The van der Waals surface area contributed by atoms with Crippen LogP contribution in [-0.2, 0) is 0 Å². The summed E-state index contributed by atoms with van der Waals surface area (Å²) in [6.07, 6.45) is 0.346. The Labute approximate surface area is 112 Å². The zero-order valence-corrected chi connectivity index (χ0v) is 10.5. The van der Waals surface area contributed by atoms with Crippen molar-refractivity contribution in [3.63, 3.8) is 0 Å². The minimum atomic E-state index is -0.208. The van der Waals surface area contributed by atoms with Crippen molar-refractivity contribution in [3.05, 3.63) is 60.2 Å². The fourth-order valence-corrected chi connectivity index (χ4v) is 2.41. The van der Waals surface area contributed by atoms with Crippen LogP contribution in [0.25, 0.3) is 21.5 Å². The molecule has 0 saturated carbocycles. The number of rotatable bonds is 2. The maximum atomic E-state index is 8.72. The van der Waals surface area contributed by atoms with Gasteiger partial charge in [-0.15, -0.1) is 0 Å². The molecule has 0 spiro atoms. The summed E-state index contributed by atoms with van der Waals surface area (Å²) in [5.41, 5.74) is 7.00. The van der Waals surface area contributed by atoms with E-state index in [1.54, 1.807) is 0 Å². The zero-order valence-electron chi connectivity index (χ0n) is 10.5. The Morgan fingerprint density at radius 3 is 2.21 bits per heavy atom. The molecule has 0 bridgehead atoms. The average Bonchev–Trinajstić information content (AvgIpc) is 2.44. The highest BCUT2D eigenvalue weighted by Crippen LogP contribution is 2.25. The number of nitrogens with zero attached hydrogens (tertiary/aromatic N) is 1. The average molecular weight is 246 g/mol. The molecule has 0 aliphatic rings. The third-order valence-corrected chi connectivity index (χ3v) is 3.47. The highest BCUT2D eigenvalue weighted by molar-refractivity contribution is 5.98. The van der Waals surface area contributed by atoms with E-state index in [9.17, 15) is 0 Å². The summed E-state index contributed by atoms with van der Waals surface area (Å²) in [6.45, 7) is 0. The molecule has 2 heteroatoms. The van der Waals surface area contributed by atoms with Crippen LogP contribution in [0, 0.1) is 11.3 Å². The molecule has 0 saturated heterocycles. The first kappa shape index (κ1) is 11.7. The summed E-state index contributed by atoms with van der Waals surface area (Å²) < 4.78 is 0. The number of hydrogen-bond acceptors (Lipinski definition) is 2. The van der Waals surface area contributed by atoms with Gasteiger partial charge in [0.25, 0.3) is 0 Å². The second-order valence-electron chi connectivity index (χ2n) is 4.77. The van der Waals surface area contributed by atoms with Gasteiger partial charge in [-0.25, -0.2) is 0 Å². The van der Waals surface area contributed by atoms with Crippen molar-refractivity contribution in [1.82, 2.24) is 0 Å². The Hall–Kier alpha value is -2.37. The van der Waals surface area contributed by atoms with E-state index < -0.39 is 0 Å². The molecule has 0 fully saturated rings. The van der Waals surface area contributed by atoms with Crippen molar-refractivity contribution in [2.24, 2.45) is 5.73 Å². The van der Waals surface area contributed by atoms with Crippen LogP contribution in [-0.4, -0.2) is 0 Å². The van der Waals surface area contributed by atoms with E-state index in [4.69, 9.17) is 11.0 Å². The Kier molecular flexibility index (Phi) is 2.91. The van der Waals surface area contributed by atoms with Gasteiger partial charge in [0.15, 0.2) is 0 Å². The summed E-state index contributed by atoms with van der Waals surface area (Å²) in [6, 6.07) is 20.8. The molecule has 1 atom stereocenters. The summed E-state index contributed by atoms with van der Waals surface area (Å²) in [5.74, 6) is 0. The van der Waals surface area contributed by atoms with E-state index >= 15 is 0 Å². The lowest BCUT2D eigenvalue weighted by atomic mass is 9.98. The standard InChI is InChI=1S/C17H14N2/c18-8-7-17(19)15-6-5-14-9-12-3-1-2-4-13(12)10-16(14)11-15/h1-6,9-11,17H,7,19H2/t17-/m0/s1. The number of nitrogens with two attached hydrogens (primary N) is 1. The Morgan fingerprint density at radius 2 is 1.53 bits per heavy atom. The molecular formula is C17H14N2. The van der Waals surface area contributed by atoms with Gasteiger partial charge in [-0.1, -0.05) is 36.4 Å². The minimum Gasteiger partial charge on any atom is -0.323 e. The van der Waals surface area contributed by atoms with E-state index in [0.717, 1.165) is 5.56 Å². The molecule has 0 radical (unpaired) electrons. The third-order valence-electron chi connectivity index (χ3n) is 3.47. The van der Waals surface area contributed by atoms with Gasteiger partial charge in [0.05, 0.1) is 12.5 Å². The molecule has 19 heavy (non-hydrogen) atoms. The Morgan fingerprint density at radius 1 is 0.895 bits per heavy atom. The summed E-state index contributed by atoms with van der Waals surface area (Å²) in [7, 11) is 0. The maximum absolute atomic E-state index is 8.72. The van der Waals surface area contributed by atoms with E-state index in [1.165, 1.54) is 21.5 Å². The van der Waals surface area contributed by atoms with Crippen molar-refractivity contribution < 1.29 is 0 Å². The molecule has 92 valence electrons. The van der Waals surface area contributed by atoms with E-state index in [1.807, 2.05) is 18.2 Å². The van der Waals surface area contributed by atoms with Crippen molar-refractivity contribution in [3.8, 4) is 6.07 Å². The number of benzene rings is 3. The molecule has 0 unspecified atom stereocenters. The second-order valence-corrected chi connectivity index (χ2v) is 4.77. The molecule has 0 heterocycles. The Balaban J connectivity index is 2.17. The highest BCUT2D eigenvalue weighted by atomic mass is 14.6. The van der Waals surface area contributed by atoms with E-state index in [2.05, 4.69) is 42.5 Å². The normalized spacial score (nSPS) is 12.4. The van der Waals surface area contributed by atoms with Crippen LogP contribution < -0.4 is 5.73 Å². The van der Waals surface area contributed by atoms with Crippen molar-refractivity contribution in [2.45, 2.75) is 12.5 Å². The first-order chi connectivity index (χ1) is 9.28. The molecule has 0 aliphatic carbocycles. The van der Waals surface area contributed by atoms with E-state index in [-0.39, 0.29) is 6.04 Å². The topological polar surface area (TPSA) is 49.8 Å². The third kappa shape index (κ3) is 2.16. The second kappa shape index (κ2) is 4.72. The smallest absolute Gasteiger partial charge is 0.0641 e. The predicted octanol–water partition coefficient (Wildman–Crippen LogP) is 3.91. The van der Waals surface area contributed by atoms with Crippen LogP contribution >= 0.6 is 0 Å². The van der Waals surface area contributed by atoms with Crippen molar-refractivity contribution in [1.29, 1.82) is 5.26 Å². The van der Waals surface area contributed by atoms with Gasteiger partial charge in [0.2, 0.25) is 0 Å². The molecule has 0 aromatic heterocycles. The van der Waals surface area contributed by atoms with Gasteiger partial charge in [0.1, 0.15) is 0 Å². The first-order valence-electron chi connectivity index (χ1n) is 6.33. The fourth-order valence-electron chi connectivity index (χ4n) is 2.41. The maximum Gasteiger partial charge on any atom is 0.0641 e. The molecule has 3 rings (SSSR count). The van der Waals surface area contributed by atoms with Gasteiger partial charge in [-0.2, -0.15) is 5.26 Å². The minimum absolute atomic E-state index is 0.208. The lowest BCUT2D eigenvalue weighted by molar-refractivity contribution is 0.750. The Bertz CT molecular complexity index is 784. The SMILES string of the molecule is N#CC[C@H](N)c1ccc2cc3ccccc3cc2c1. The van der Waals surface area contributed by atoms with E-state index in [0.29, 0.717) is 6.42 Å². The van der Waals surface area contributed by atoms with Crippen LogP contribution in [0.3, 0.4) is 0 Å². The first-order valence-corrected chi connectivity index (χ1v) is 6.33. The number of nitriles is 1. The molecule has 2 nitrogen and oxygen atoms in total. The summed E-state index contributed by atoms with van der Waals surface area (Å²) in [5, 5.41) is 13.6. The van der Waals surface area contributed by atoms with Gasteiger partial charge in [0, 0.05) is 6.04 Å². The predicted molar refractivity (Wildman–Crippen MR) is 78.6 cm³/mol. The molecular weight excluding hydrogens is 232 g/mol. The van der Waals surface area contributed by atoms with Gasteiger partial charge >= 0.3 is 0 Å². The molecule has 3 aromatic rings. The van der Waals surface area contributed by atoms with Gasteiger partial charge in [-0.3, -0.25) is 0 Å². The summed E-state index contributed by atoms with van der Waals surface area (Å²) >= 11 is 0.